The Kier molecular flexibility index (Phi) is 7.34. The van der Waals surface area contributed by atoms with Crippen molar-refractivity contribution in [2.24, 2.45) is 0 Å². The first-order valence-electron chi connectivity index (χ1n) is 11.1. The number of nitro groups is 1. The van der Waals surface area contributed by atoms with Crippen LogP contribution in [0.4, 0.5) is 17.2 Å². The van der Waals surface area contributed by atoms with Gasteiger partial charge >= 0.3 is 0 Å². The maximum Gasteiger partial charge on any atom is 0.269 e. The van der Waals surface area contributed by atoms with Gasteiger partial charge in [-0.05, 0) is 42.3 Å². The summed E-state index contributed by atoms with van der Waals surface area (Å²) in [6, 6.07) is 17.5. The average molecular weight is 462 g/mol. The van der Waals surface area contributed by atoms with Gasteiger partial charge in [-0.2, -0.15) is 0 Å². The van der Waals surface area contributed by atoms with Gasteiger partial charge in [-0.15, -0.1) is 0 Å². The van der Waals surface area contributed by atoms with Crippen LogP contribution in [0.25, 0.3) is 0 Å². The number of nitrogens with one attached hydrogen (secondary N) is 1. The van der Waals surface area contributed by atoms with Crippen LogP contribution in [-0.2, 0) is 6.54 Å². The molecule has 1 aliphatic rings. The summed E-state index contributed by atoms with van der Waals surface area (Å²) in [7, 11) is 1.57. The smallest absolute Gasteiger partial charge is 0.269 e. The van der Waals surface area contributed by atoms with Crippen LogP contribution in [0, 0.1) is 10.1 Å². The third-order valence-electron chi connectivity index (χ3n) is 5.80. The number of carbonyl (C=O) groups is 1. The molecule has 1 aliphatic heterocycles. The van der Waals surface area contributed by atoms with E-state index < -0.39 is 0 Å². The van der Waals surface area contributed by atoms with Crippen LogP contribution in [-0.4, -0.2) is 54.0 Å². The van der Waals surface area contributed by atoms with Gasteiger partial charge in [0.1, 0.15) is 11.6 Å². The molecule has 34 heavy (non-hydrogen) atoms. The number of carbonyl (C=O) groups excluding carboxylic acids is 1. The van der Waals surface area contributed by atoms with Crippen molar-refractivity contribution in [3.8, 4) is 5.75 Å². The average Bonchev–Trinajstić information content (AvgIpc) is 3.10. The minimum absolute atomic E-state index is 0.111. The zero-order valence-electron chi connectivity index (χ0n) is 19.0. The highest BCUT2D eigenvalue weighted by Gasteiger charge is 2.17. The molecule has 0 bridgehead atoms. The lowest BCUT2D eigenvalue weighted by molar-refractivity contribution is -0.384. The van der Waals surface area contributed by atoms with Crippen LogP contribution in [0.1, 0.15) is 22.3 Å². The largest absolute Gasteiger partial charge is 0.497 e. The van der Waals surface area contributed by atoms with E-state index in [2.05, 4.69) is 20.1 Å². The van der Waals surface area contributed by atoms with Gasteiger partial charge in [0.05, 0.1) is 23.9 Å². The number of ether oxygens (including phenoxy) is 1. The molecule has 3 aromatic rings. The van der Waals surface area contributed by atoms with Crippen molar-refractivity contribution in [3.05, 3.63) is 88.1 Å². The predicted molar refractivity (Wildman–Crippen MR) is 130 cm³/mol. The van der Waals surface area contributed by atoms with Crippen molar-refractivity contribution < 1.29 is 14.5 Å². The molecule has 0 atom stereocenters. The van der Waals surface area contributed by atoms with E-state index in [-0.39, 0.29) is 16.5 Å². The van der Waals surface area contributed by atoms with Gasteiger partial charge in [-0.25, -0.2) is 4.98 Å². The molecule has 2 heterocycles. The molecule has 9 heteroatoms. The predicted octanol–water partition coefficient (Wildman–Crippen LogP) is 3.96. The maximum atomic E-state index is 12.5. The second kappa shape index (κ2) is 10.8. The van der Waals surface area contributed by atoms with Crippen molar-refractivity contribution in [2.45, 2.75) is 13.0 Å². The van der Waals surface area contributed by atoms with Crippen LogP contribution < -0.4 is 15.0 Å². The Morgan fingerprint density at radius 2 is 1.91 bits per heavy atom. The van der Waals surface area contributed by atoms with Crippen molar-refractivity contribution >= 4 is 23.1 Å². The SMILES string of the molecule is COc1cccc(C(=O)Nc2ccc(N3CCCN(Cc4ccc([N+](=O)[O-])cc4)CC3)nc2)c1. The lowest BCUT2D eigenvalue weighted by atomic mass is 10.2. The third-order valence-corrected chi connectivity index (χ3v) is 5.80. The Bertz CT molecular complexity index is 1130. The zero-order chi connectivity index (χ0) is 23.9. The van der Waals surface area contributed by atoms with Gasteiger partial charge in [-0.3, -0.25) is 19.8 Å². The maximum absolute atomic E-state index is 12.5. The van der Waals surface area contributed by atoms with Gasteiger partial charge in [0, 0.05) is 50.4 Å². The normalized spacial score (nSPS) is 14.3. The molecule has 4 rings (SSSR count). The number of hydrogen-bond donors (Lipinski definition) is 1. The third kappa shape index (κ3) is 5.87. The topological polar surface area (TPSA) is 101 Å². The number of anilines is 2. The van der Waals surface area contributed by atoms with Crippen molar-refractivity contribution in [2.75, 3.05) is 43.5 Å². The van der Waals surface area contributed by atoms with E-state index in [0.717, 1.165) is 50.5 Å². The molecule has 1 amide bonds. The molecule has 9 nitrogen and oxygen atoms in total. The second-order valence-corrected chi connectivity index (χ2v) is 8.13. The number of rotatable bonds is 7. The number of pyridine rings is 1. The van der Waals surface area contributed by atoms with Crippen molar-refractivity contribution in [1.29, 1.82) is 0 Å². The number of methoxy groups -OCH3 is 1. The molecule has 1 N–H and O–H groups in total. The van der Waals surface area contributed by atoms with E-state index >= 15 is 0 Å². The Balaban J connectivity index is 1.32. The number of amides is 1. The fourth-order valence-electron chi connectivity index (χ4n) is 3.95. The van der Waals surface area contributed by atoms with Crippen LogP contribution in [0.5, 0.6) is 5.75 Å². The summed E-state index contributed by atoms with van der Waals surface area (Å²) in [4.78, 5) is 32.1. The quantitative estimate of drug-likeness (QED) is 0.420. The minimum Gasteiger partial charge on any atom is -0.497 e. The highest BCUT2D eigenvalue weighted by molar-refractivity contribution is 6.04. The highest BCUT2D eigenvalue weighted by Crippen LogP contribution is 2.19. The molecule has 0 spiro atoms. The Morgan fingerprint density at radius 1 is 1.09 bits per heavy atom. The Morgan fingerprint density at radius 3 is 2.62 bits per heavy atom. The fourth-order valence-corrected chi connectivity index (χ4v) is 3.95. The first-order valence-corrected chi connectivity index (χ1v) is 11.1. The van der Waals surface area contributed by atoms with Gasteiger partial charge in [0.25, 0.3) is 11.6 Å². The van der Waals surface area contributed by atoms with E-state index in [1.165, 1.54) is 0 Å². The number of benzene rings is 2. The summed E-state index contributed by atoms with van der Waals surface area (Å²) < 4.78 is 5.18. The van der Waals surface area contributed by atoms with Crippen LogP contribution in [0.2, 0.25) is 0 Å². The van der Waals surface area contributed by atoms with E-state index in [4.69, 9.17) is 4.74 Å². The minimum atomic E-state index is -0.379. The molecule has 1 saturated heterocycles. The van der Waals surface area contributed by atoms with Gasteiger partial charge in [0.15, 0.2) is 0 Å². The summed E-state index contributed by atoms with van der Waals surface area (Å²) in [6.07, 6.45) is 2.66. The molecule has 1 aromatic heterocycles. The summed E-state index contributed by atoms with van der Waals surface area (Å²) in [6.45, 7) is 4.29. The lowest BCUT2D eigenvalue weighted by Gasteiger charge is -2.23. The Labute approximate surface area is 198 Å². The number of nitrogens with zero attached hydrogens (tertiary/aromatic N) is 4. The molecule has 0 saturated carbocycles. The summed E-state index contributed by atoms with van der Waals surface area (Å²) >= 11 is 0. The first-order chi connectivity index (χ1) is 16.5. The Hall–Kier alpha value is -3.98. The lowest BCUT2D eigenvalue weighted by Crippen LogP contribution is -2.31. The van der Waals surface area contributed by atoms with Gasteiger partial charge in [-0.1, -0.05) is 18.2 Å². The van der Waals surface area contributed by atoms with E-state index in [1.807, 2.05) is 24.3 Å². The van der Waals surface area contributed by atoms with Crippen LogP contribution >= 0.6 is 0 Å². The molecule has 0 aliphatic carbocycles. The second-order valence-electron chi connectivity index (χ2n) is 8.13. The van der Waals surface area contributed by atoms with Crippen molar-refractivity contribution in [3.63, 3.8) is 0 Å². The molecule has 176 valence electrons. The summed E-state index contributed by atoms with van der Waals surface area (Å²) in [5.41, 5.74) is 2.32. The van der Waals surface area contributed by atoms with Gasteiger partial charge < -0.3 is 15.0 Å². The van der Waals surface area contributed by atoms with E-state index in [9.17, 15) is 14.9 Å². The number of hydrogen-bond acceptors (Lipinski definition) is 7. The summed E-state index contributed by atoms with van der Waals surface area (Å²) in [5, 5.41) is 13.7. The standard InChI is InChI=1S/C25H27N5O4/c1-34-23-5-2-4-20(16-23)25(31)27-21-8-11-24(26-17-21)29-13-3-12-28(14-15-29)18-19-6-9-22(10-7-19)30(32)33/h2,4-11,16-17H,3,12-15,18H2,1H3,(H,27,31). The highest BCUT2D eigenvalue weighted by atomic mass is 16.6. The number of non-ortho nitro benzene ring substituents is 1. The van der Waals surface area contributed by atoms with E-state index in [0.29, 0.717) is 17.0 Å². The van der Waals surface area contributed by atoms with Crippen LogP contribution in [0.15, 0.2) is 66.9 Å². The zero-order valence-corrected chi connectivity index (χ0v) is 19.0. The summed E-state index contributed by atoms with van der Waals surface area (Å²) in [5.74, 6) is 1.28. The molecular weight excluding hydrogens is 434 g/mol. The number of nitro benzene ring substituents is 1. The van der Waals surface area contributed by atoms with Crippen LogP contribution in [0.3, 0.4) is 0 Å². The monoisotopic (exact) mass is 461 g/mol. The van der Waals surface area contributed by atoms with Gasteiger partial charge in [0.2, 0.25) is 0 Å². The molecule has 1 fully saturated rings. The first kappa shape index (κ1) is 23.2. The molecular formula is C25H27N5O4. The number of aromatic nitrogens is 1. The molecule has 0 unspecified atom stereocenters. The van der Waals surface area contributed by atoms with E-state index in [1.54, 1.807) is 49.7 Å². The molecule has 2 aromatic carbocycles. The van der Waals surface area contributed by atoms with Crippen molar-refractivity contribution in [1.82, 2.24) is 9.88 Å². The fraction of sp³-hybridized carbons (Fsp3) is 0.280. The molecule has 0 radical (unpaired) electrons.